The van der Waals surface area contributed by atoms with E-state index in [-0.39, 0.29) is 41.0 Å². The molecule has 2 aliphatic rings. The molecule has 12 heteroatoms. The normalized spacial score (nSPS) is 18.6. The van der Waals surface area contributed by atoms with Crippen molar-refractivity contribution in [2.75, 3.05) is 9.80 Å². The molecule has 1 aliphatic carbocycles. The highest BCUT2D eigenvalue weighted by Gasteiger charge is 2.48. The summed E-state index contributed by atoms with van der Waals surface area (Å²) < 4.78 is 41.9. The molecule has 1 saturated heterocycles. The number of benzene rings is 1. The molecule has 0 unspecified atom stereocenters. The minimum absolute atomic E-state index is 0.00285. The zero-order valence-corrected chi connectivity index (χ0v) is 23.1. The fourth-order valence-electron chi connectivity index (χ4n) is 5.04. The van der Waals surface area contributed by atoms with Crippen molar-refractivity contribution in [2.45, 2.75) is 56.7 Å². The summed E-state index contributed by atoms with van der Waals surface area (Å²) in [5.74, 6) is -5.94. The molecule has 2 heterocycles. The lowest BCUT2D eigenvalue weighted by molar-refractivity contribution is -0.132. The first-order valence-corrected chi connectivity index (χ1v) is 13.4. The van der Waals surface area contributed by atoms with Crippen molar-refractivity contribution in [3.05, 3.63) is 89.9 Å². The van der Waals surface area contributed by atoms with Crippen LogP contribution in [-0.2, 0) is 14.4 Å². The predicted molar refractivity (Wildman–Crippen MR) is 151 cm³/mol. The summed E-state index contributed by atoms with van der Waals surface area (Å²) in [5.41, 5.74) is -0.0884. The van der Waals surface area contributed by atoms with Crippen LogP contribution in [0.15, 0.2) is 73.0 Å². The molecule has 3 amide bonds. The van der Waals surface area contributed by atoms with Gasteiger partial charge in [0.05, 0.1) is 23.3 Å². The van der Waals surface area contributed by atoms with Crippen LogP contribution in [0.5, 0.6) is 0 Å². The maximum atomic E-state index is 14.8. The third kappa shape index (κ3) is 6.81. The lowest BCUT2D eigenvalue weighted by Crippen LogP contribution is -2.59. The number of amides is 3. The lowest BCUT2D eigenvalue weighted by atomic mass is 9.87. The van der Waals surface area contributed by atoms with Crippen LogP contribution in [0.4, 0.5) is 24.7 Å². The molecule has 1 aliphatic heterocycles. The van der Waals surface area contributed by atoms with Crippen LogP contribution in [0.25, 0.3) is 0 Å². The Morgan fingerprint density at radius 3 is 2.56 bits per heavy atom. The largest absolute Gasteiger partial charge is 0.351 e. The number of allylic oxidation sites excluding steroid dienone is 3. The monoisotopic (exact) mass is 588 g/mol. The molecule has 43 heavy (non-hydrogen) atoms. The van der Waals surface area contributed by atoms with Crippen molar-refractivity contribution in [2.24, 2.45) is 0 Å². The highest BCUT2D eigenvalue weighted by atomic mass is 19.3. The number of hydrogen-bond acceptors (Lipinski definition) is 6. The van der Waals surface area contributed by atoms with Crippen LogP contribution in [-0.4, -0.2) is 46.8 Å². The third-order valence-corrected chi connectivity index (χ3v) is 7.05. The van der Waals surface area contributed by atoms with Crippen molar-refractivity contribution in [1.82, 2.24) is 10.3 Å². The number of rotatable bonds is 9. The molecule has 2 atom stereocenters. The van der Waals surface area contributed by atoms with Gasteiger partial charge in [-0.15, -0.1) is 0 Å². The Labute approximate surface area is 246 Å². The number of alkyl halides is 2. The van der Waals surface area contributed by atoms with Crippen molar-refractivity contribution < 1.29 is 27.6 Å². The van der Waals surface area contributed by atoms with Crippen molar-refractivity contribution >= 4 is 29.2 Å². The summed E-state index contributed by atoms with van der Waals surface area (Å²) in [6, 6.07) is 5.94. The molecule has 2 fully saturated rings. The molecule has 9 nitrogen and oxygen atoms in total. The fourth-order valence-corrected chi connectivity index (χ4v) is 5.04. The molecule has 2 aromatic rings. The van der Waals surface area contributed by atoms with Crippen LogP contribution >= 0.6 is 0 Å². The molecule has 0 spiro atoms. The van der Waals surface area contributed by atoms with Crippen LogP contribution in [0.2, 0.25) is 0 Å². The van der Waals surface area contributed by atoms with E-state index in [9.17, 15) is 38.1 Å². The van der Waals surface area contributed by atoms with Crippen molar-refractivity contribution in [1.29, 1.82) is 10.5 Å². The van der Waals surface area contributed by atoms with E-state index < -0.39 is 60.4 Å². The molecule has 220 valence electrons. The first-order valence-electron chi connectivity index (χ1n) is 13.4. The number of nitrogens with zero attached hydrogens (tertiary/aromatic N) is 5. The smallest absolute Gasteiger partial charge is 0.252 e. The van der Waals surface area contributed by atoms with Gasteiger partial charge in [0.1, 0.15) is 23.7 Å². The number of halogens is 3. The van der Waals surface area contributed by atoms with Crippen LogP contribution in [0.3, 0.4) is 0 Å². The van der Waals surface area contributed by atoms with E-state index in [0.717, 1.165) is 21.9 Å². The Morgan fingerprint density at radius 2 is 1.91 bits per heavy atom. The Kier molecular flexibility index (Phi) is 9.10. The minimum Gasteiger partial charge on any atom is -0.351 e. The summed E-state index contributed by atoms with van der Waals surface area (Å²) >= 11 is 0. The molecular formula is C31H27F3N6O3. The zero-order chi connectivity index (χ0) is 31.3. The Balaban J connectivity index is 1.84. The highest BCUT2D eigenvalue weighted by molar-refractivity contribution is 6.11. The summed E-state index contributed by atoms with van der Waals surface area (Å²) in [4.78, 5) is 47.4. The van der Waals surface area contributed by atoms with Gasteiger partial charge in [0.15, 0.2) is 0 Å². The molecule has 1 aromatic carbocycles. The number of hydrogen-bond donors (Lipinski definition) is 1. The molecule has 1 aromatic heterocycles. The van der Waals surface area contributed by atoms with E-state index in [1.165, 1.54) is 30.5 Å². The Bertz CT molecular complexity index is 1600. The van der Waals surface area contributed by atoms with Crippen molar-refractivity contribution in [3.63, 3.8) is 0 Å². The van der Waals surface area contributed by atoms with Gasteiger partial charge in [-0.2, -0.15) is 10.5 Å². The van der Waals surface area contributed by atoms with Crippen LogP contribution in [0.1, 0.15) is 43.7 Å². The fraction of sp³-hybridized carbons (Fsp3) is 0.290. The number of anilines is 2. The molecule has 4 rings (SSSR count). The van der Waals surface area contributed by atoms with Gasteiger partial charge in [-0.1, -0.05) is 30.9 Å². The third-order valence-electron chi connectivity index (χ3n) is 7.05. The topological polar surface area (TPSA) is 130 Å². The number of aromatic nitrogens is 1. The Morgan fingerprint density at radius 1 is 1.19 bits per heavy atom. The number of nitrogens with one attached hydrogen (secondary N) is 1. The molecule has 0 bridgehead atoms. The molecule has 1 saturated carbocycles. The van der Waals surface area contributed by atoms with E-state index >= 15 is 0 Å². The first kappa shape index (κ1) is 30.7. The zero-order valence-electron chi connectivity index (χ0n) is 23.1. The van der Waals surface area contributed by atoms with E-state index in [4.69, 9.17) is 0 Å². The highest BCUT2D eigenvalue weighted by Crippen LogP contribution is 2.38. The summed E-state index contributed by atoms with van der Waals surface area (Å²) in [5, 5.41) is 21.4. The summed E-state index contributed by atoms with van der Waals surface area (Å²) in [6.45, 7) is 5.70. The SMILES string of the molecule is C=C(/C=C\C=C/C)[C@@H](C(=O)NC1CC(F)(F)C1)N(C(=O)[C@@H]1CCC(=O)N1c1cc(C#N)ccn1)c1cc(F)cc(C#N)c1. The summed E-state index contributed by atoms with van der Waals surface area (Å²) in [7, 11) is 0. The second-order valence-electron chi connectivity index (χ2n) is 10.2. The van der Waals surface area contributed by atoms with Gasteiger partial charge in [-0.25, -0.2) is 18.2 Å². The maximum absolute atomic E-state index is 14.8. The minimum atomic E-state index is -2.94. The second-order valence-corrected chi connectivity index (χ2v) is 10.2. The van der Waals surface area contributed by atoms with Gasteiger partial charge in [-0.3, -0.25) is 24.2 Å². The van der Waals surface area contributed by atoms with Crippen LogP contribution < -0.4 is 15.1 Å². The second kappa shape index (κ2) is 12.7. The average Bonchev–Trinajstić information content (AvgIpc) is 3.35. The van der Waals surface area contributed by atoms with E-state index in [2.05, 4.69) is 16.9 Å². The number of carbonyl (C=O) groups excluding carboxylic acids is 3. The van der Waals surface area contributed by atoms with Gasteiger partial charge in [0.2, 0.25) is 11.8 Å². The number of carbonyl (C=O) groups is 3. The number of nitriles is 2. The lowest BCUT2D eigenvalue weighted by Gasteiger charge is -2.39. The van der Waals surface area contributed by atoms with Gasteiger partial charge >= 0.3 is 0 Å². The quantitative estimate of drug-likeness (QED) is 0.431. The molecule has 0 radical (unpaired) electrons. The molecule has 1 N–H and O–H groups in total. The van der Waals surface area contributed by atoms with Gasteiger partial charge in [0, 0.05) is 37.2 Å². The van der Waals surface area contributed by atoms with Crippen LogP contribution in [0, 0.1) is 28.5 Å². The van der Waals surface area contributed by atoms with E-state index in [1.54, 1.807) is 25.2 Å². The van der Waals surface area contributed by atoms with Gasteiger partial charge < -0.3 is 5.32 Å². The van der Waals surface area contributed by atoms with Crippen molar-refractivity contribution in [3.8, 4) is 12.1 Å². The Hall–Kier alpha value is -5.23. The summed E-state index contributed by atoms with van der Waals surface area (Å²) in [6.07, 6.45) is 6.40. The van der Waals surface area contributed by atoms with E-state index in [0.29, 0.717) is 0 Å². The average molecular weight is 589 g/mol. The molecular weight excluding hydrogens is 561 g/mol. The standard InChI is InChI=1S/C31H27F3N6O3/c1-3-4-5-6-19(2)28(29(42)38-23-15-31(33,34)16-23)39(24-12-21(18-36)11-22(32)14-24)30(43)25-7-8-27(41)40(25)26-13-20(17-35)9-10-37-26/h3-6,9-14,23,25,28H,2,7-8,15-16H2,1H3,(H,38,42)/b4-3-,6-5-/t25-,28-/m0/s1. The first-order chi connectivity index (χ1) is 20.5. The van der Waals surface area contributed by atoms with E-state index in [1.807, 2.05) is 12.1 Å². The predicted octanol–water partition coefficient (Wildman–Crippen LogP) is 4.46. The maximum Gasteiger partial charge on any atom is 0.252 e. The van der Waals surface area contributed by atoms with Gasteiger partial charge in [0.25, 0.3) is 11.8 Å². The van der Waals surface area contributed by atoms with Gasteiger partial charge in [-0.05, 0) is 49.2 Å². The number of pyridine rings is 1.